The maximum absolute atomic E-state index is 12.4. The van der Waals surface area contributed by atoms with Crippen LogP contribution in [0.5, 0.6) is 0 Å². The van der Waals surface area contributed by atoms with Gasteiger partial charge in [-0.2, -0.15) is 10.4 Å². The molecule has 1 aliphatic heterocycles. The lowest BCUT2D eigenvalue weighted by Gasteiger charge is -2.38. The SMILES string of the molecule is Cn1cc(C2=Cc3c(N4CCN(C(=O)OC5CC(C#N)C5)CC4)ccnc3C2)cn1. The van der Waals surface area contributed by atoms with Gasteiger partial charge in [0.2, 0.25) is 0 Å². The Morgan fingerprint density at radius 2 is 2.07 bits per heavy atom. The van der Waals surface area contributed by atoms with Gasteiger partial charge in [0.15, 0.2) is 0 Å². The topological polar surface area (TPSA) is 87.3 Å². The summed E-state index contributed by atoms with van der Waals surface area (Å²) in [5.41, 5.74) is 5.79. The fourth-order valence-electron chi connectivity index (χ4n) is 4.37. The van der Waals surface area contributed by atoms with Crippen LogP contribution in [0, 0.1) is 17.2 Å². The summed E-state index contributed by atoms with van der Waals surface area (Å²) >= 11 is 0. The first-order chi connectivity index (χ1) is 14.6. The molecule has 0 spiro atoms. The lowest BCUT2D eigenvalue weighted by Crippen LogP contribution is -2.50. The Hall–Kier alpha value is -3.34. The lowest BCUT2D eigenvalue weighted by molar-refractivity contribution is 0.0106. The number of anilines is 1. The zero-order valence-corrected chi connectivity index (χ0v) is 17.0. The number of nitriles is 1. The molecule has 0 aromatic carbocycles. The molecule has 8 nitrogen and oxygen atoms in total. The lowest BCUT2D eigenvalue weighted by atomic mass is 9.84. The normalized spacial score (nSPS) is 22.7. The zero-order chi connectivity index (χ0) is 20.7. The Bertz CT molecular complexity index is 1040. The van der Waals surface area contributed by atoms with Crippen LogP contribution in [0.15, 0.2) is 24.7 Å². The van der Waals surface area contributed by atoms with Gasteiger partial charge in [0.25, 0.3) is 0 Å². The van der Waals surface area contributed by atoms with Gasteiger partial charge in [0.05, 0.1) is 23.9 Å². The van der Waals surface area contributed by atoms with E-state index < -0.39 is 0 Å². The van der Waals surface area contributed by atoms with E-state index in [1.54, 1.807) is 4.90 Å². The fraction of sp³-hybridized carbons (Fsp3) is 0.455. The second kappa shape index (κ2) is 7.48. The van der Waals surface area contributed by atoms with Crippen LogP contribution < -0.4 is 4.90 Å². The number of carbonyl (C=O) groups excluding carboxylic acids is 1. The van der Waals surface area contributed by atoms with Crippen LogP contribution in [-0.2, 0) is 18.2 Å². The molecule has 0 atom stereocenters. The summed E-state index contributed by atoms with van der Waals surface area (Å²) in [5, 5.41) is 13.1. The van der Waals surface area contributed by atoms with Gasteiger partial charge in [-0.05, 0) is 17.7 Å². The smallest absolute Gasteiger partial charge is 0.410 e. The van der Waals surface area contributed by atoms with Crippen molar-refractivity contribution in [3.8, 4) is 6.07 Å². The van der Waals surface area contributed by atoms with Gasteiger partial charge >= 0.3 is 6.09 Å². The quantitative estimate of drug-likeness (QED) is 0.781. The summed E-state index contributed by atoms with van der Waals surface area (Å²) in [6, 6.07) is 4.28. The largest absolute Gasteiger partial charge is 0.446 e. The van der Waals surface area contributed by atoms with Crippen LogP contribution in [0.2, 0.25) is 0 Å². The van der Waals surface area contributed by atoms with E-state index in [0.717, 1.165) is 30.8 Å². The van der Waals surface area contributed by atoms with Crippen LogP contribution in [0.25, 0.3) is 11.6 Å². The molecule has 3 aliphatic rings. The Kier molecular flexibility index (Phi) is 4.66. The number of fused-ring (bicyclic) bond motifs is 1. The van der Waals surface area contributed by atoms with E-state index in [9.17, 15) is 4.79 Å². The second-order valence-electron chi connectivity index (χ2n) is 8.22. The number of aryl methyl sites for hydroxylation is 1. The number of aromatic nitrogens is 3. The number of ether oxygens (including phenoxy) is 1. The van der Waals surface area contributed by atoms with Crippen molar-refractivity contribution >= 4 is 23.4 Å². The number of pyridine rings is 1. The Morgan fingerprint density at radius 1 is 1.27 bits per heavy atom. The molecule has 5 rings (SSSR count). The number of hydrogen-bond acceptors (Lipinski definition) is 6. The minimum absolute atomic E-state index is 0.0399. The second-order valence-corrected chi connectivity index (χ2v) is 8.22. The van der Waals surface area contributed by atoms with E-state index in [-0.39, 0.29) is 18.1 Å². The Morgan fingerprint density at radius 3 is 2.77 bits per heavy atom. The Labute approximate surface area is 175 Å². The monoisotopic (exact) mass is 404 g/mol. The molecular formula is C22H24N6O2. The highest BCUT2D eigenvalue weighted by atomic mass is 16.6. The van der Waals surface area contributed by atoms with Crippen LogP contribution in [0.1, 0.15) is 29.7 Å². The van der Waals surface area contributed by atoms with E-state index in [4.69, 9.17) is 10.00 Å². The summed E-state index contributed by atoms with van der Waals surface area (Å²) in [5.74, 6) is 0.0399. The molecule has 1 amide bonds. The molecule has 0 unspecified atom stereocenters. The van der Waals surface area contributed by atoms with Gasteiger partial charge in [-0.1, -0.05) is 0 Å². The van der Waals surface area contributed by atoms with Crippen molar-refractivity contribution < 1.29 is 9.53 Å². The van der Waals surface area contributed by atoms with Crippen LogP contribution >= 0.6 is 0 Å². The minimum atomic E-state index is -0.255. The molecule has 30 heavy (non-hydrogen) atoms. The number of allylic oxidation sites excluding steroid dienone is 1. The predicted molar refractivity (Wildman–Crippen MR) is 111 cm³/mol. The van der Waals surface area contributed by atoms with Gasteiger partial charge < -0.3 is 14.5 Å². The summed E-state index contributed by atoms with van der Waals surface area (Å²) in [7, 11) is 1.92. The summed E-state index contributed by atoms with van der Waals surface area (Å²) in [6.07, 6.45) is 9.80. The first kappa shape index (κ1) is 18.7. The number of piperazine rings is 1. The first-order valence-electron chi connectivity index (χ1n) is 10.4. The van der Waals surface area contributed by atoms with Crippen LogP contribution in [0.3, 0.4) is 0 Å². The summed E-state index contributed by atoms with van der Waals surface area (Å²) < 4.78 is 7.34. The van der Waals surface area contributed by atoms with Gasteiger partial charge in [-0.3, -0.25) is 9.67 Å². The number of carbonyl (C=O) groups is 1. The van der Waals surface area contributed by atoms with Gasteiger partial charge in [0, 0.05) is 81.7 Å². The third-order valence-electron chi connectivity index (χ3n) is 6.23. The van der Waals surface area contributed by atoms with E-state index in [1.165, 1.54) is 16.8 Å². The van der Waals surface area contributed by atoms with Crippen LogP contribution in [-0.4, -0.2) is 58.0 Å². The third-order valence-corrected chi connectivity index (χ3v) is 6.23. The molecule has 0 radical (unpaired) electrons. The highest BCUT2D eigenvalue weighted by Gasteiger charge is 2.34. The van der Waals surface area contributed by atoms with Gasteiger partial charge in [0.1, 0.15) is 6.10 Å². The standard InChI is InChI=1S/C22H24N6O2/c1-26-14-17(13-25-26)16-10-19-20(11-16)24-3-2-21(19)27-4-6-28(7-5-27)22(29)30-18-8-15(9-18)12-23/h2-3,10,13-15,18H,4-9,11H2,1H3. The van der Waals surface area contributed by atoms with Crippen molar-refractivity contribution in [1.82, 2.24) is 19.7 Å². The first-order valence-corrected chi connectivity index (χ1v) is 10.4. The highest BCUT2D eigenvalue weighted by molar-refractivity contribution is 5.91. The van der Waals surface area contributed by atoms with Crippen molar-refractivity contribution in [2.75, 3.05) is 31.1 Å². The molecule has 3 heterocycles. The molecule has 154 valence electrons. The molecule has 0 bridgehead atoms. The molecule has 2 aromatic rings. The minimum Gasteiger partial charge on any atom is -0.446 e. The van der Waals surface area contributed by atoms with E-state index in [2.05, 4.69) is 33.2 Å². The highest BCUT2D eigenvalue weighted by Crippen LogP contribution is 2.36. The number of amides is 1. The predicted octanol–water partition coefficient (Wildman–Crippen LogP) is 2.47. The average molecular weight is 404 g/mol. The summed E-state index contributed by atoms with van der Waals surface area (Å²) in [4.78, 5) is 21.1. The number of nitrogens with zero attached hydrogens (tertiary/aromatic N) is 6. The molecular weight excluding hydrogens is 380 g/mol. The summed E-state index contributed by atoms with van der Waals surface area (Å²) in [6.45, 7) is 2.77. The molecule has 2 aliphatic carbocycles. The van der Waals surface area contributed by atoms with Crippen molar-refractivity contribution in [2.24, 2.45) is 13.0 Å². The maximum atomic E-state index is 12.4. The van der Waals surface area contributed by atoms with Crippen molar-refractivity contribution in [3.05, 3.63) is 41.5 Å². The van der Waals surface area contributed by atoms with Gasteiger partial charge in [-0.25, -0.2) is 4.79 Å². The number of rotatable bonds is 3. The molecule has 2 aromatic heterocycles. The molecule has 0 N–H and O–H groups in total. The fourth-order valence-corrected chi connectivity index (χ4v) is 4.37. The molecule has 2 fully saturated rings. The van der Waals surface area contributed by atoms with Crippen molar-refractivity contribution in [1.29, 1.82) is 5.26 Å². The van der Waals surface area contributed by atoms with E-state index in [0.29, 0.717) is 25.9 Å². The van der Waals surface area contributed by atoms with Crippen LogP contribution in [0.4, 0.5) is 10.5 Å². The third kappa shape index (κ3) is 3.41. The van der Waals surface area contributed by atoms with E-state index >= 15 is 0 Å². The molecule has 1 saturated heterocycles. The van der Waals surface area contributed by atoms with E-state index in [1.807, 2.05) is 30.3 Å². The Balaban J connectivity index is 1.24. The zero-order valence-electron chi connectivity index (χ0n) is 17.0. The molecule has 1 saturated carbocycles. The maximum Gasteiger partial charge on any atom is 0.410 e. The van der Waals surface area contributed by atoms with Crippen molar-refractivity contribution in [2.45, 2.75) is 25.4 Å². The van der Waals surface area contributed by atoms with Gasteiger partial charge in [-0.15, -0.1) is 0 Å². The average Bonchev–Trinajstić information content (AvgIpc) is 3.36. The van der Waals surface area contributed by atoms with Crippen molar-refractivity contribution in [3.63, 3.8) is 0 Å². The number of hydrogen-bond donors (Lipinski definition) is 0. The molecule has 8 heteroatoms.